The fourth-order valence-electron chi connectivity index (χ4n) is 2.94. The quantitative estimate of drug-likeness (QED) is 0.680. The fraction of sp³-hybridized carbons (Fsp3) is 1.00. The van der Waals surface area contributed by atoms with Crippen LogP contribution in [0.25, 0.3) is 0 Å². The second kappa shape index (κ2) is 8.08. The molecule has 2 aliphatic heterocycles. The lowest BCUT2D eigenvalue weighted by molar-refractivity contribution is -0.0386. The van der Waals surface area contributed by atoms with Crippen LogP contribution in [0.4, 0.5) is 0 Å². The third-order valence-corrected chi connectivity index (χ3v) is 3.40. The van der Waals surface area contributed by atoms with Gasteiger partial charge >= 0.3 is 0 Å². The Kier molecular flexibility index (Phi) is 8.04. The summed E-state index contributed by atoms with van der Waals surface area (Å²) < 4.78 is 0. The molecular weight excluding hydrogens is 196 g/mol. The largest absolute Gasteiger partial charge is 0.305 e. The van der Waals surface area contributed by atoms with E-state index in [1.54, 1.807) is 0 Å². The number of nitrogens with zero attached hydrogens (tertiary/aromatic N) is 2. The number of hydrogen-bond donors (Lipinski definition) is 0. The van der Waals surface area contributed by atoms with E-state index in [2.05, 4.69) is 23.8 Å². The SMILES string of the molecule is CC.CC.CCN1CCCC2(CN(C)C2)C1. The number of piperidine rings is 1. The maximum atomic E-state index is 2.61. The summed E-state index contributed by atoms with van der Waals surface area (Å²) in [7, 11) is 2.23. The van der Waals surface area contributed by atoms with Crippen molar-refractivity contribution in [2.75, 3.05) is 39.8 Å². The molecule has 0 aromatic carbocycles. The number of rotatable bonds is 1. The zero-order chi connectivity index (χ0) is 12.6. The first kappa shape index (κ1) is 15.9. The van der Waals surface area contributed by atoms with Crippen LogP contribution < -0.4 is 0 Å². The molecule has 0 radical (unpaired) electrons. The van der Waals surface area contributed by atoms with E-state index < -0.39 is 0 Å². The van der Waals surface area contributed by atoms with E-state index in [1.807, 2.05) is 27.7 Å². The van der Waals surface area contributed by atoms with Crippen molar-refractivity contribution in [1.29, 1.82) is 0 Å². The Balaban J connectivity index is 0.000000509. The maximum Gasteiger partial charge on any atom is 0.00850 e. The smallest absolute Gasteiger partial charge is 0.00850 e. The van der Waals surface area contributed by atoms with Gasteiger partial charge in [-0.1, -0.05) is 34.6 Å². The van der Waals surface area contributed by atoms with Crippen LogP contribution >= 0.6 is 0 Å². The van der Waals surface area contributed by atoms with Gasteiger partial charge in [0.2, 0.25) is 0 Å². The average Bonchev–Trinajstić information content (AvgIpc) is 2.33. The lowest BCUT2D eigenvalue weighted by atomic mass is 9.74. The van der Waals surface area contributed by atoms with E-state index in [4.69, 9.17) is 0 Å². The zero-order valence-corrected chi connectivity index (χ0v) is 12.3. The lowest BCUT2D eigenvalue weighted by Crippen LogP contribution is -2.61. The van der Waals surface area contributed by atoms with Crippen LogP contribution in [-0.2, 0) is 0 Å². The van der Waals surface area contributed by atoms with Gasteiger partial charge in [0, 0.05) is 25.0 Å². The first-order valence-electron chi connectivity index (χ1n) is 7.15. The minimum Gasteiger partial charge on any atom is -0.305 e. The molecule has 98 valence electrons. The predicted molar refractivity (Wildman–Crippen MR) is 74.0 cm³/mol. The highest BCUT2D eigenvalue weighted by Gasteiger charge is 2.43. The van der Waals surface area contributed by atoms with Gasteiger partial charge in [0.15, 0.2) is 0 Å². The Morgan fingerprint density at radius 3 is 2.00 bits per heavy atom. The van der Waals surface area contributed by atoms with E-state index in [-0.39, 0.29) is 0 Å². The van der Waals surface area contributed by atoms with Crippen molar-refractivity contribution in [1.82, 2.24) is 9.80 Å². The third-order valence-electron chi connectivity index (χ3n) is 3.40. The van der Waals surface area contributed by atoms with Crippen molar-refractivity contribution in [2.45, 2.75) is 47.5 Å². The second-order valence-electron chi connectivity index (χ2n) is 4.64. The van der Waals surface area contributed by atoms with Gasteiger partial charge in [0.25, 0.3) is 0 Å². The molecule has 2 rings (SSSR count). The van der Waals surface area contributed by atoms with Crippen LogP contribution in [0.3, 0.4) is 0 Å². The molecule has 0 amide bonds. The molecule has 0 atom stereocenters. The molecule has 0 aromatic heterocycles. The topological polar surface area (TPSA) is 6.48 Å². The van der Waals surface area contributed by atoms with Crippen LogP contribution in [0.5, 0.6) is 0 Å². The molecule has 2 aliphatic rings. The molecule has 2 heteroatoms. The summed E-state index contributed by atoms with van der Waals surface area (Å²) in [6.07, 6.45) is 2.88. The minimum atomic E-state index is 0.697. The maximum absolute atomic E-state index is 2.61. The predicted octanol–water partition coefficient (Wildman–Crippen LogP) is 3.09. The van der Waals surface area contributed by atoms with Crippen molar-refractivity contribution in [3.05, 3.63) is 0 Å². The molecule has 16 heavy (non-hydrogen) atoms. The van der Waals surface area contributed by atoms with Crippen molar-refractivity contribution in [3.63, 3.8) is 0 Å². The molecular formula is C14H32N2. The van der Waals surface area contributed by atoms with Gasteiger partial charge in [-0.15, -0.1) is 0 Å². The van der Waals surface area contributed by atoms with E-state index in [1.165, 1.54) is 45.6 Å². The molecule has 1 spiro atoms. The summed E-state index contributed by atoms with van der Waals surface area (Å²) in [5, 5.41) is 0. The molecule has 2 heterocycles. The van der Waals surface area contributed by atoms with Crippen molar-refractivity contribution in [2.24, 2.45) is 5.41 Å². The van der Waals surface area contributed by atoms with E-state index in [0.717, 1.165) is 0 Å². The van der Waals surface area contributed by atoms with Gasteiger partial charge in [-0.2, -0.15) is 0 Å². The summed E-state index contributed by atoms with van der Waals surface area (Å²) >= 11 is 0. The molecule has 0 unspecified atom stereocenters. The first-order chi connectivity index (χ1) is 7.74. The Bertz CT molecular complexity index is 157. The van der Waals surface area contributed by atoms with Crippen molar-refractivity contribution in [3.8, 4) is 0 Å². The Hall–Kier alpha value is -0.0800. The molecule has 2 saturated heterocycles. The number of hydrogen-bond acceptors (Lipinski definition) is 2. The summed E-state index contributed by atoms with van der Waals surface area (Å²) in [4.78, 5) is 5.05. The molecule has 0 aliphatic carbocycles. The van der Waals surface area contributed by atoms with Gasteiger partial charge in [-0.3, -0.25) is 0 Å². The fourth-order valence-corrected chi connectivity index (χ4v) is 2.94. The van der Waals surface area contributed by atoms with Crippen LogP contribution in [0.1, 0.15) is 47.5 Å². The Labute approximate surface area is 103 Å². The standard InChI is InChI=1S/C10H20N2.2C2H6/c1-3-12-6-4-5-10(9-12)7-11(2)8-10;2*1-2/h3-9H2,1-2H3;2*1-2H3. The van der Waals surface area contributed by atoms with Crippen LogP contribution in [0.15, 0.2) is 0 Å². The lowest BCUT2D eigenvalue weighted by Gasteiger charge is -2.53. The number of likely N-dealkylation sites (tertiary alicyclic amines) is 2. The van der Waals surface area contributed by atoms with E-state index >= 15 is 0 Å². The molecule has 2 fully saturated rings. The summed E-state index contributed by atoms with van der Waals surface area (Å²) in [5.74, 6) is 0. The summed E-state index contributed by atoms with van der Waals surface area (Å²) in [6.45, 7) is 16.9. The first-order valence-corrected chi connectivity index (χ1v) is 7.15. The molecule has 0 N–H and O–H groups in total. The molecule has 0 saturated carbocycles. The van der Waals surface area contributed by atoms with Crippen LogP contribution in [0, 0.1) is 5.41 Å². The van der Waals surface area contributed by atoms with Gasteiger partial charge in [-0.25, -0.2) is 0 Å². The van der Waals surface area contributed by atoms with Crippen LogP contribution in [0.2, 0.25) is 0 Å². The minimum absolute atomic E-state index is 0.697. The highest BCUT2D eigenvalue weighted by Crippen LogP contribution is 2.37. The monoisotopic (exact) mass is 228 g/mol. The van der Waals surface area contributed by atoms with Gasteiger partial charge in [0.05, 0.1) is 0 Å². The van der Waals surface area contributed by atoms with Crippen molar-refractivity contribution < 1.29 is 0 Å². The van der Waals surface area contributed by atoms with E-state index in [0.29, 0.717) is 5.41 Å². The molecule has 2 nitrogen and oxygen atoms in total. The highest BCUT2D eigenvalue weighted by molar-refractivity contribution is 4.97. The molecule has 0 aromatic rings. The Morgan fingerprint density at radius 2 is 1.56 bits per heavy atom. The Morgan fingerprint density at radius 1 is 1.00 bits per heavy atom. The van der Waals surface area contributed by atoms with Crippen LogP contribution in [-0.4, -0.2) is 49.6 Å². The average molecular weight is 228 g/mol. The normalized spacial score (nSPS) is 23.6. The van der Waals surface area contributed by atoms with Crippen molar-refractivity contribution >= 4 is 0 Å². The van der Waals surface area contributed by atoms with Gasteiger partial charge in [-0.05, 0) is 33.0 Å². The third kappa shape index (κ3) is 4.06. The molecule has 0 bridgehead atoms. The highest BCUT2D eigenvalue weighted by atomic mass is 15.2. The summed E-state index contributed by atoms with van der Waals surface area (Å²) in [6, 6.07) is 0. The zero-order valence-electron chi connectivity index (χ0n) is 12.3. The second-order valence-corrected chi connectivity index (χ2v) is 4.64. The van der Waals surface area contributed by atoms with E-state index in [9.17, 15) is 0 Å². The van der Waals surface area contributed by atoms with Gasteiger partial charge < -0.3 is 9.80 Å². The van der Waals surface area contributed by atoms with Gasteiger partial charge in [0.1, 0.15) is 0 Å². The summed E-state index contributed by atoms with van der Waals surface area (Å²) in [5.41, 5.74) is 0.697.